The highest BCUT2D eigenvalue weighted by molar-refractivity contribution is 5.98. The summed E-state index contributed by atoms with van der Waals surface area (Å²) in [5, 5.41) is 21.3. The largest absolute Gasteiger partial charge is 0.506 e. The Balaban J connectivity index is 2.16. The van der Waals surface area contributed by atoms with Gasteiger partial charge in [0.2, 0.25) is 5.91 Å². The predicted octanol–water partition coefficient (Wildman–Crippen LogP) is 2.71. The summed E-state index contributed by atoms with van der Waals surface area (Å²) < 4.78 is 0. The minimum atomic E-state index is -1.12. The zero-order chi connectivity index (χ0) is 15.3. The number of carbonyl (C=O) groups excluding carboxylic acids is 1. The lowest BCUT2D eigenvalue weighted by Gasteiger charge is -2.09. The monoisotopic (exact) mass is 277 g/mol. The van der Waals surface area contributed by atoms with Gasteiger partial charge in [0.15, 0.2) is 0 Å². The SMILES string of the molecule is CC1(C)C(C(=O)Nc2ccc(C(=O)O)cc2O)C1(C)C. The molecule has 3 N–H and O–H groups in total. The Morgan fingerprint density at radius 3 is 2.10 bits per heavy atom. The first-order chi connectivity index (χ1) is 9.09. The van der Waals surface area contributed by atoms with Gasteiger partial charge in [0.25, 0.3) is 0 Å². The molecule has 1 aromatic rings. The van der Waals surface area contributed by atoms with Crippen molar-refractivity contribution in [1.29, 1.82) is 0 Å². The predicted molar refractivity (Wildman–Crippen MR) is 74.7 cm³/mol. The van der Waals surface area contributed by atoms with Crippen LogP contribution in [0.2, 0.25) is 0 Å². The number of phenolic OH excluding ortho intramolecular Hbond substituents is 1. The highest BCUT2D eigenvalue weighted by Gasteiger charge is 2.68. The van der Waals surface area contributed by atoms with Gasteiger partial charge >= 0.3 is 5.97 Å². The van der Waals surface area contributed by atoms with E-state index >= 15 is 0 Å². The van der Waals surface area contributed by atoms with Crippen LogP contribution in [0.25, 0.3) is 0 Å². The van der Waals surface area contributed by atoms with Crippen molar-refractivity contribution in [1.82, 2.24) is 0 Å². The molecule has 1 aromatic carbocycles. The minimum absolute atomic E-state index is 0.0208. The molecule has 2 rings (SSSR count). The molecule has 1 saturated carbocycles. The minimum Gasteiger partial charge on any atom is -0.506 e. The van der Waals surface area contributed by atoms with Crippen LogP contribution in [0.1, 0.15) is 38.1 Å². The van der Waals surface area contributed by atoms with Crippen molar-refractivity contribution in [2.75, 3.05) is 5.32 Å². The van der Waals surface area contributed by atoms with E-state index in [2.05, 4.69) is 5.32 Å². The van der Waals surface area contributed by atoms with Crippen molar-refractivity contribution < 1.29 is 19.8 Å². The number of hydrogen-bond acceptors (Lipinski definition) is 3. The molecular weight excluding hydrogens is 258 g/mol. The van der Waals surface area contributed by atoms with Crippen molar-refractivity contribution in [2.45, 2.75) is 27.7 Å². The molecule has 0 saturated heterocycles. The van der Waals surface area contributed by atoms with E-state index in [1.165, 1.54) is 12.1 Å². The molecule has 0 atom stereocenters. The summed E-state index contributed by atoms with van der Waals surface area (Å²) in [7, 11) is 0. The Bertz CT molecular complexity index is 576. The summed E-state index contributed by atoms with van der Waals surface area (Å²) >= 11 is 0. The number of aromatic carboxylic acids is 1. The normalized spacial score (nSPS) is 19.4. The fourth-order valence-corrected chi connectivity index (χ4v) is 2.83. The number of benzene rings is 1. The number of hydrogen-bond donors (Lipinski definition) is 3. The van der Waals surface area contributed by atoms with Crippen LogP contribution < -0.4 is 5.32 Å². The summed E-state index contributed by atoms with van der Waals surface area (Å²) in [6.07, 6.45) is 0. The third-order valence-corrected chi connectivity index (χ3v) is 4.79. The number of phenols is 1. The van der Waals surface area contributed by atoms with Crippen LogP contribution in [0.3, 0.4) is 0 Å². The van der Waals surface area contributed by atoms with Gasteiger partial charge in [-0.05, 0) is 29.0 Å². The quantitative estimate of drug-likeness (QED) is 0.741. The van der Waals surface area contributed by atoms with Crippen LogP contribution >= 0.6 is 0 Å². The number of rotatable bonds is 3. The third kappa shape index (κ3) is 2.03. The lowest BCUT2D eigenvalue weighted by molar-refractivity contribution is -0.118. The second kappa shape index (κ2) is 4.23. The average molecular weight is 277 g/mol. The molecule has 1 amide bonds. The van der Waals surface area contributed by atoms with Crippen molar-refractivity contribution in [3.05, 3.63) is 23.8 Å². The summed E-state index contributed by atoms with van der Waals surface area (Å²) in [6.45, 7) is 8.13. The molecule has 5 heteroatoms. The molecule has 5 nitrogen and oxygen atoms in total. The molecule has 108 valence electrons. The first kappa shape index (κ1) is 14.4. The number of nitrogens with one attached hydrogen (secondary N) is 1. The Morgan fingerprint density at radius 2 is 1.70 bits per heavy atom. The van der Waals surface area contributed by atoms with Crippen LogP contribution in [-0.2, 0) is 4.79 Å². The van der Waals surface area contributed by atoms with E-state index in [9.17, 15) is 14.7 Å². The summed E-state index contributed by atoms with van der Waals surface area (Å²) in [5.41, 5.74) is 0.0348. The second-order valence-electron chi connectivity index (χ2n) is 6.40. The van der Waals surface area contributed by atoms with Gasteiger partial charge in [-0.3, -0.25) is 4.79 Å². The smallest absolute Gasteiger partial charge is 0.335 e. The number of carbonyl (C=O) groups is 2. The summed E-state index contributed by atoms with van der Waals surface area (Å²) in [5.74, 6) is -1.65. The summed E-state index contributed by atoms with van der Waals surface area (Å²) in [4.78, 5) is 23.0. The first-order valence-corrected chi connectivity index (χ1v) is 6.46. The lowest BCUT2D eigenvalue weighted by atomic mass is 10.0. The molecule has 1 aliphatic carbocycles. The molecule has 0 radical (unpaired) electrons. The molecule has 1 fully saturated rings. The maximum absolute atomic E-state index is 12.2. The second-order valence-corrected chi connectivity index (χ2v) is 6.40. The number of aromatic hydroxyl groups is 1. The molecule has 0 spiro atoms. The van der Waals surface area contributed by atoms with E-state index in [1.807, 2.05) is 27.7 Å². The zero-order valence-corrected chi connectivity index (χ0v) is 12.0. The number of carboxylic acids is 1. The molecule has 0 aromatic heterocycles. The Labute approximate surface area is 117 Å². The topological polar surface area (TPSA) is 86.6 Å². The maximum atomic E-state index is 12.2. The van der Waals surface area contributed by atoms with Crippen LogP contribution in [0.4, 0.5) is 5.69 Å². The van der Waals surface area contributed by atoms with Gasteiger partial charge in [-0.1, -0.05) is 27.7 Å². The average Bonchev–Trinajstić information content (AvgIpc) is 2.72. The van der Waals surface area contributed by atoms with Gasteiger partial charge in [-0.2, -0.15) is 0 Å². The van der Waals surface area contributed by atoms with Crippen LogP contribution in [0.15, 0.2) is 18.2 Å². The molecular formula is C15H19NO4. The molecule has 0 bridgehead atoms. The molecule has 0 aliphatic heterocycles. The van der Waals surface area contributed by atoms with Gasteiger partial charge < -0.3 is 15.5 Å². The van der Waals surface area contributed by atoms with E-state index in [4.69, 9.17) is 5.11 Å². The van der Waals surface area contributed by atoms with Crippen molar-refractivity contribution >= 4 is 17.6 Å². The summed E-state index contributed by atoms with van der Waals surface area (Å²) in [6, 6.07) is 3.88. The highest BCUT2D eigenvalue weighted by Crippen LogP contribution is 2.68. The third-order valence-electron chi connectivity index (χ3n) is 4.79. The number of anilines is 1. The van der Waals surface area contributed by atoms with Crippen molar-refractivity contribution in [2.24, 2.45) is 16.7 Å². The van der Waals surface area contributed by atoms with Gasteiger partial charge in [0.1, 0.15) is 5.75 Å². The van der Waals surface area contributed by atoms with E-state index in [0.29, 0.717) is 0 Å². The Morgan fingerprint density at radius 1 is 1.15 bits per heavy atom. The standard InChI is InChI=1S/C15H19NO4/c1-14(2)11(15(14,3)4)12(18)16-9-6-5-8(13(19)20)7-10(9)17/h5-7,11,17H,1-4H3,(H,16,18)(H,19,20). The van der Waals surface area contributed by atoms with E-state index < -0.39 is 5.97 Å². The van der Waals surface area contributed by atoms with Crippen LogP contribution in [-0.4, -0.2) is 22.1 Å². The van der Waals surface area contributed by atoms with Gasteiger partial charge in [-0.25, -0.2) is 4.79 Å². The fourth-order valence-electron chi connectivity index (χ4n) is 2.83. The van der Waals surface area contributed by atoms with Gasteiger partial charge in [-0.15, -0.1) is 0 Å². The number of carboxylic acid groups (broad SMARTS) is 1. The highest BCUT2D eigenvalue weighted by atomic mass is 16.4. The molecule has 20 heavy (non-hydrogen) atoms. The van der Waals surface area contributed by atoms with E-state index in [0.717, 1.165) is 6.07 Å². The van der Waals surface area contributed by atoms with Crippen molar-refractivity contribution in [3.63, 3.8) is 0 Å². The maximum Gasteiger partial charge on any atom is 0.335 e. The molecule has 1 aliphatic rings. The molecule has 0 heterocycles. The lowest BCUT2D eigenvalue weighted by Crippen LogP contribution is -2.17. The van der Waals surface area contributed by atoms with Gasteiger partial charge in [0, 0.05) is 5.92 Å². The Kier molecular flexibility index (Phi) is 3.04. The molecule has 0 unspecified atom stereocenters. The zero-order valence-electron chi connectivity index (χ0n) is 12.0. The van der Waals surface area contributed by atoms with Crippen LogP contribution in [0, 0.1) is 16.7 Å². The van der Waals surface area contributed by atoms with E-state index in [1.54, 1.807) is 0 Å². The van der Waals surface area contributed by atoms with E-state index in [-0.39, 0.29) is 39.7 Å². The fraction of sp³-hybridized carbons (Fsp3) is 0.467. The van der Waals surface area contributed by atoms with Crippen molar-refractivity contribution in [3.8, 4) is 5.75 Å². The Hall–Kier alpha value is -2.04. The number of amides is 1. The first-order valence-electron chi connectivity index (χ1n) is 6.46. The van der Waals surface area contributed by atoms with Crippen LogP contribution in [0.5, 0.6) is 5.75 Å². The van der Waals surface area contributed by atoms with Gasteiger partial charge in [0.05, 0.1) is 11.3 Å².